The first kappa shape index (κ1) is 6.54. The minimum Gasteiger partial charge on any atom is -0.299 e. The van der Waals surface area contributed by atoms with Gasteiger partial charge in [0.05, 0.1) is 0 Å². The Morgan fingerprint density at radius 1 is 1.43 bits per heavy atom. The van der Waals surface area contributed by atoms with Gasteiger partial charge in [0.25, 0.3) is 0 Å². The SMILES string of the molecule is C[CH]CCC=C[O]. The predicted molar refractivity (Wildman–Crippen MR) is 29.0 cm³/mol. The van der Waals surface area contributed by atoms with Crippen molar-refractivity contribution in [2.45, 2.75) is 19.8 Å². The summed E-state index contributed by atoms with van der Waals surface area (Å²) in [5.74, 6) is 0. The summed E-state index contributed by atoms with van der Waals surface area (Å²) in [4.78, 5) is 0. The molecule has 0 aliphatic rings. The van der Waals surface area contributed by atoms with Crippen molar-refractivity contribution < 1.29 is 5.11 Å². The Hall–Kier alpha value is -0.460. The second-order valence-electron chi connectivity index (χ2n) is 1.36. The van der Waals surface area contributed by atoms with E-state index in [1.165, 1.54) is 0 Å². The third-order valence-electron chi connectivity index (χ3n) is 0.718. The Morgan fingerprint density at radius 3 is 2.57 bits per heavy atom. The van der Waals surface area contributed by atoms with Gasteiger partial charge in [-0.25, -0.2) is 0 Å². The molecule has 0 bridgehead atoms. The van der Waals surface area contributed by atoms with Crippen LogP contribution in [0.4, 0.5) is 0 Å². The minimum atomic E-state index is 0.837. The fraction of sp³-hybridized carbons (Fsp3) is 0.500. The van der Waals surface area contributed by atoms with E-state index in [9.17, 15) is 5.11 Å². The lowest BCUT2D eigenvalue weighted by Crippen LogP contribution is -1.65. The fourth-order valence-corrected chi connectivity index (χ4v) is 0.331. The van der Waals surface area contributed by atoms with Crippen LogP contribution in [-0.4, -0.2) is 0 Å². The molecule has 0 aliphatic heterocycles. The summed E-state index contributed by atoms with van der Waals surface area (Å²) in [6.07, 6.45) is 6.40. The van der Waals surface area contributed by atoms with Gasteiger partial charge in [0, 0.05) is 0 Å². The van der Waals surface area contributed by atoms with Crippen LogP contribution in [0.1, 0.15) is 19.8 Å². The lowest BCUT2D eigenvalue weighted by molar-refractivity contribution is 0.349. The van der Waals surface area contributed by atoms with Crippen molar-refractivity contribution in [1.29, 1.82) is 0 Å². The van der Waals surface area contributed by atoms with E-state index in [-0.39, 0.29) is 0 Å². The number of allylic oxidation sites excluding steroid dienone is 1. The quantitative estimate of drug-likeness (QED) is 0.379. The van der Waals surface area contributed by atoms with Crippen LogP contribution < -0.4 is 0 Å². The molecule has 0 saturated heterocycles. The van der Waals surface area contributed by atoms with E-state index in [0.29, 0.717) is 0 Å². The molecule has 0 aliphatic carbocycles. The van der Waals surface area contributed by atoms with Crippen molar-refractivity contribution in [2.24, 2.45) is 0 Å². The molecule has 0 unspecified atom stereocenters. The van der Waals surface area contributed by atoms with E-state index in [0.717, 1.165) is 19.1 Å². The molecule has 0 fully saturated rings. The van der Waals surface area contributed by atoms with Crippen molar-refractivity contribution in [1.82, 2.24) is 0 Å². The van der Waals surface area contributed by atoms with Crippen LogP contribution in [0.3, 0.4) is 0 Å². The molecular formula is C6H10O. The summed E-state index contributed by atoms with van der Waals surface area (Å²) in [7, 11) is 0. The summed E-state index contributed by atoms with van der Waals surface area (Å²) >= 11 is 0. The molecule has 2 radical (unpaired) electrons. The second kappa shape index (κ2) is 5.54. The summed E-state index contributed by atoms with van der Waals surface area (Å²) in [6.45, 7) is 1.98. The van der Waals surface area contributed by atoms with Gasteiger partial charge in [-0.3, -0.25) is 5.11 Å². The molecule has 0 aromatic rings. The van der Waals surface area contributed by atoms with Crippen molar-refractivity contribution in [2.75, 3.05) is 0 Å². The highest BCUT2D eigenvalue weighted by atomic mass is 16.2. The normalized spacial score (nSPS) is 10.4. The zero-order valence-electron chi connectivity index (χ0n) is 4.55. The molecule has 7 heavy (non-hydrogen) atoms. The summed E-state index contributed by atoms with van der Waals surface area (Å²) < 4.78 is 0. The summed E-state index contributed by atoms with van der Waals surface area (Å²) in [6, 6.07) is 0. The Balaban J connectivity index is 2.69. The van der Waals surface area contributed by atoms with Crippen LogP contribution in [0.2, 0.25) is 0 Å². The summed E-state index contributed by atoms with van der Waals surface area (Å²) in [5.41, 5.74) is 0. The third kappa shape index (κ3) is 5.54. The Labute approximate surface area is 44.7 Å². The molecule has 0 rings (SSSR count). The average Bonchev–Trinajstić information content (AvgIpc) is 1.69. The van der Waals surface area contributed by atoms with E-state index in [1.54, 1.807) is 6.08 Å². The van der Waals surface area contributed by atoms with Crippen LogP contribution in [0, 0.1) is 6.42 Å². The van der Waals surface area contributed by atoms with E-state index in [4.69, 9.17) is 0 Å². The van der Waals surface area contributed by atoms with Gasteiger partial charge >= 0.3 is 0 Å². The number of rotatable bonds is 3. The molecule has 0 spiro atoms. The molecular weight excluding hydrogens is 88.1 g/mol. The van der Waals surface area contributed by atoms with Gasteiger partial charge in [-0.15, -0.1) is 0 Å². The maximum absolute atomic E-state index is 9.61. The maximum Gasteiger partial charge on any atom is 0.138 e. The molecule has 1 nitrogen and oxygen atoms in total. The van der Waals surface area contributed by atoms with Gasteiger partial charge in [0.1, 0.15) is 6.26 Å². The first-order valence-electron chi connectivity index (χ1n) is 2.46. The first-order valence-corrected chi connectivity index (χ1v) is 2.46. The van der Waals surface area contributed by atoms with E-state index in [2.05, 4.69) is 0 Å². The first-order chi connectivity index (χ1) is 3.41. The van der Waals surface area contributed by atoms with Crippen molar-refractivity contribution in [3.63, 3.8) is 0 Å². The number of hydrogen-bond acceptors (Lipinski definition) is 0. The standard InChI is InChI=1S/C6H10O/c1-2-3-4-5-6-7/h2,5-6H,3-4H2,1H3. The van der Waals surface area contributed by atoms with Crippen LogP contribution in [0.15, 0.2) is 12.3 Å². The molecule has 0 heterocycles. The maximum atomic E-state index is 9.61. The number of hydrogen-bond donors (Lipinski definition) is 0. The summed E-state index contributed by atoms with van der Waals surface area (Å²) in [5, 5.41) is 9.61. The second-order valence-corrected chi connectivity index (χ2v) is 1.36. The third-order valence-corrected chi connectivity index (χ3v) is 0.718. The lowest BCUT2D eigenvalue weighted by Gasteiger charge is -1.82. The van der Waals surface area contributed by atoms with Crippen LogP contribution >= 0.6 is 0 Å². The molecule has 0 atom stereocenters. The highest BCUT2D eigenvalue weighted by Crippen LogP contribution is 1.91. The molecule has 0 aromatic heterocycles. The predicted octanol–water partition coefficient (Wildman–Crippen LogP) is 1.93. The molecule has 1 heteroatoms. The van der Waals surface area contributed by atoms with Crippen molar-refractivity contribution in [3.05, 3.63) is 18.8 Å². The van der Waals surface area contributed by atoms with Gasteiger partial charge in [-0.2, -0.15) is 0 Å². The average molecular weight is 98.1 g/mol. The van der Waals surface area contributed by atoms with Crippen molar-refractivity contribution >= 4 is 0 Å². The molecule has 0 N–H and O–H groups in total. The molecule has 0 aromatic carbocycles. The smallest absolute Gasteiger partial charge is 0.138 e. The van der Waals surface area contributed by atoms with Crippen molar-refractivity contribution in [3.8, 4) is 0 Å². The Bertz CT molecular complexity index is 48.1. The Morgan fingerprint density at radius 2 is 2.14 bits per heavy atom. The van der Waals surface area contributed by atoms with Crippen LogP contribution in [0.25, 0.3) is 0 Å². The van der Waals surface area contributed by atoms with E-state index >= 15 is 0 Å². The molecule has 0 saturated carbocycles. The van der Waals surface area contributed by atoms with Crippen LogP contribution in [0.5, 0.6) is 0 Å². The monoisotopic (exact) mass is 98.1 g/mol. The van der Waals surface area contributed by atoms with Gasteiger partial charge in [0.2, 0.25) is 0 Å². The largest absolute Gasteiger partial charge is 0.299 e. The minimum absolute atomic E-state index is 0.837. The van der Waals surface area contributed by atoms with Crippen LogP contribution in [-0.2, 0) is 5.11 Å². The topological polar surface area (TPSA) is 19.9 Å². The van der Waals surface area contributed by atoms with E-state index < -0.39 is 0 Å². The Kier molecular flexibility index (Phi) is 5.18. The lowest BCUT2D eigenvalue weighted by atomic mass is 10.2. The highest BCUT2D eigenvalue weighted by Gasteiger charge is 1.75. The molecule has 40 valence electrons. The van der Waals surface area contributed by atoms with Gasteiger partial charge in [-0.1, -0.05) is 6.92 Å². The zero-order chi connectivity index (χ0) is 5.54. The van der Waals surface area contributed by atoms with E-state index in [1.807, 2.05) is 13.3 Å². The molecule has 0 amide bonds. The number of unbranched alkanes of at least 4 members (excludes halogenated alkanes) is 2. The van der Waals surface area contributed by atoms with Gasteiger partial charge in [0.15, 0.2) is 0 Å². The zero-order valence-corrected chi connectivity index (χ0v) is 4.55. The van der Waals surface area contributed by atoms with Gasteiger partial charge in [-0.05, 0) is 25.3 Å². The van der Waals surface area contributed by atoms with Gasteiger partial charge < -0.3 is 0 Å². The fourth-order valence-electron chi connectivity index (χ4n) is 0.331. The highest BCUT2D eigenvalue weighted by molar-refractivity contribution is 4.73.